The van der Waals surface area contributed by atoms with Gasteiger partial charge in [-0.15, -0.1) is 0 Å². The van der Waals surface area contributed by atoms with Gasteiger partial charge in [-0.05, 0) is 36.8 Å². The van der Waals surface area contributed by atoms with Gasteiger partial charge in [0.2, 0.25) is 0 Å². The zero-order valence-electron chi connectivity index (χ0n) is 10.3. The average molecular weight is 273 g/mol. The Balaban J connectivity index is 1.85. The van der Waals surface area contributed by atoms with Gasteiger partial charge < -0.3 is 5.32 Å². The van der Waals surface area contributed by atoms with Gasteiger partial charge >= 0.3 is 0 Å². The van der Waals surface area contributed by atoms with Crippen molar-refractivity contribution >= 4 is 26.7 Å². The van der Waals surface area contributed by atoms with Crippen molar-refractivity contribution in [3.63, 3.8) is 0 Å². The van der Waals surface area contributed by atoms with E-state index in [0.717, 1.165) is 15.4 Å². The highest BCUT2D eigenvalue weighted by Gasteiger charge is 2.09. The van der Waals surface area contributed by atoms with Crippen molar-refractivity contribution in [2.45, 2.75) is 13.0 Å². The molecule has 0 aliphatic carbocycles. The van der Waals surface area contributed by atoms with Crippen molar-refractivity contribution in [1.82, 2.24) is 9.97 Å². The van der Waals surface area contributed by atoms with Crippen molar-refractivity contribution in [3.8, 4) is 0 Å². The van der Waals surface area contributed by atoms with Crippen LogP contribution >= 0.6 is 11.3 Å². The second-order valence-corrected chi connectivity index (χ2v) is 5.31. The lowest BCUT2D eigenvalue weighted by molar-refractivity contribution is 0.629. The third kappa shape index (κ3) is 2.56. The molecule has 19 heavy (non-hydrogen) atoms. The molecule has 1 N–H and O–H groups in total. The molecule has 0 spiro atoms. The monoisotopic (exact) mass is 273 g/mol. The van der Waals surface area contributed by atoms with Gasteiger partial charge in [0.05, 0.1) is 16.3 Å². The molecule has 1 aromatic carbocycles. The second kappa shape index (κ2) is 4.93. The summed E-state index contributed by atoms with van der Waals surface area (Å²) in [5.41, 5.74) is 1.83. The van der Waals surface area contributed by atoms with E-state index in [1.807, 2.05) is 12.1 Å². The molecule has 3 rings (SSSR count). The zero-order chi connectivity index (χ0) is 13.2. The number of hydrogen-bond acceptors (Lipinski definition) is 4. The SMILES string of the molecule is CC(Nc1nc2cc(F)ccc2s1)c1ccncc1. The van der Waals surface area contributed by atoms with E-state index < -0.39 is 0 Å². The fourth-order valence-corrected chi connectivity index (χ4v) is 2.82. The molecule has 0 bridgehead atoms. The highest BCUT2D eigenvalue weighted by molar-refractivity contribution is 7.22. The molecule has 0 saturated heterocycles. The molecule has 0 aliphatic heterocycles. The zero-order valence-corrected chi connectivity index (χ0v) is 11.1. The molecule has 0 amide bonds. The number of nitrogens with zero attached hydrogens (tertiary/aromatic N) is 2. The first-order valence-electron chi connectivity index (χ1n) is 5.95. The lowest BCUT2D eigenvalue weighted by Gasteiger charge is -2.12. The average Bonchev–Trinajstić information content (AvgIpc) is 2.81. The Morgan fingerprint density at radius 2 is 2.00 bits per heavy atom. The van der Waals surface area contributed by atoms with Crippen molar-refractivity contribution in [3.05, 3.63) is 54.1 Å². The molecular weight excluding hydrogens is 261 g/mol. The molecule has 96 valence electrons. The molecule has 3 aromatic rings. The van der Waals surface area contributed by atoms with Gasteiger partial charge in [0.1, 0.15) is 5.82 Å². The van der Waals surface area contributed by atoms with Crippen molar-refractivity contribution < 1.29 is 4.39 Å². The summed E-state index contributed by atoms with van der Waals surface area (Å²) in [6.07, 6.45) is 3.53. The van der Waals surface area contributed by atoms with E-state index in [4.69, 9.17) is 0 Å². The molecule has 0 aliphatic rings. The highest BCUT2D eigenvalue weighted by atomic mass is 32.1. The summed E-state index contributed by atoms with van der Waals surface area (Å²) in [5.74, 6) is -0.258. The number of nitrogens with one attached hydrogen (secondary N) is 1. The number of hydrogen-bond donors (Lipinski definition) is 1. The van der Waals surface area contributed by atoms with Crippen LogP contribution in [-0.4, -0.2) is 9.97 Å². The first-order chi connectivity index (χ1) is 9.22. The molecule has 0 radical (unpaired) electrons. The van der Waals surface area contributed by atoms with Gasteiger partial charge in [0, 0.05) is 18.5 Å². The molecule has 3 nitrogen and oxygen atoms in total. The molecule has 2 aromatic heterocycles. The van der Waals surface area contributed by atoms with Crippen LogP contribution in [0.4, 0.5) is 9.52 Å². The fraction of sp³-hybridized carbons (Fsp3) is 0.143. The normalized spacial score (nSPS) is 12.5. The topological polar surface area (TPSA) is 37.8 Å². The maximum Gasteiger partial charge on any atom is 0.184 e. The number of aromatic nitrogens is 2. The van der Waals surface area contributed by atoms with Crippen LogP contribution in [0.3, 0.4) is 0 Å². The van der Waals surface area contributed by atoms with Crippen molar-refractivity contribution in [2.24, 2.45) is 0 Å². The maximum atomic E-state index is 13.1. The van der Waals surface area contributed by atoms with Crippen LogP contribution in [-0.2, 0) is 0 Å². The Kier molecular flexibility index (Phi) is 3.13. The number of anilines is 1. The maximum absolute atomic E-state index is 13.1. The predicted molar refractivity (Wildman–Crippen MR) is 75.9 cm³/mol. The van der Waals surface area contributed by atoms with Crippen molar-refractivity contribution in [2.75, 3.05) is 5.32 Å². The molecule has 1 unspecified atom stereocenters. The standard InChI is InChI=1S/C14H12FN3S/c1-9(10-4-6-16-7-5-10)17-14-18-12-8-11(15)2-3-13(12)19-14/h2-9H,1H3,(H,17,18). The van der Waals surface area contributed by atoms with Gasteiger partial charge in [0.25, 0.3) is 0 Å². The van der Waals surface area contributed by atoms with E-state index in [9.17, 15) is 4.39 Å². The van der Waals surface area contributed by atoms with E-state index in [1.165, 1.54) is 23.5 Å². The van der Waals surface area contributed by atoms with Gasteiger partial charge in [-0.25, -0.2) is 9.37 Å². The van der Waals surface area contributed by atoms with Crippen LogP contribution in [0.1, 0.15) is 18.5 Å². The number of thiazole rings is 1. The number of rotatable bonds is 3. The Morgan fingerprint density at radius 1 is 1.21 bits per heavy atom. The van der Waals surface area contributed by atoms with Crippen LogP contribution in [0.2, 0.25) is 0 Å². The fourth-order valence-electron chi connectivity index (χ4n) is 1.88. The Morgan fingerprint density at radius 3 is 2.79 bits per heavy atom. The van der Waals surface area contributed by atoms with Crippen molar-refractivity contribution in [1.29, 1.82) is 0 Å². The molecule has 0 fully saturated rings. The van der Waals surface area contributed by atoms with Crippen LogP contribution in [0.25, 0.3) is 10.2 Å². The van der Waals surface area contributed by atoms with E-state index in [1.54, 1.807) is 18.5 Å². The smallest absolute Gasteiger partial charge is 0.184 e. The quantitative estimate of drug-likeness (QED) is 0.783. The summed E-state index contributed by atoms with van der Waals surface area (Å²) < 4.78 is 14.1. The van der Waals surface area contributed by atoms with Gasteiger partial charge in [-0.2, -0.15) is 0 Å². The lowest BCUT2D eigenvalue weighted by Crippen LogP contribution is -2.05. The molecule has 0 saturated carbocycles. The van der Waals surface area contributed by atoms with Crippen LogP contribution < -0.4 is 5.32 Å². The number of benzene rings is 1. The molecular formula is C14H12FN3S. The minimum Gasteiger partial charge on any atom is -0.355 e. The lowest BCUT2D eigenvalue weighted by atomic mass is 10.1. The van der Waals surface area contributed by atoms with Gasteiger partial charge in [-0.3, -0.25) is 4.98 Å². The van der Waals surface area contributed by atoms with E-state index in [-0.39, 0.29) is 11.9 Å². The highest BCUT2D eigenvalue weighted by Crippen LogP contribution is 2.28. The van der Waals surface area contributed by atoms with Gasteiger partial charge in [-0.1, -0.05) is 11.3 Å². The first kappa shape index (κ1) is 12.0. The van der Waals surface area contributed by atoms with E-state index >= 15 is 0 Å². The summed E-state index contributed by atoms with van der Waals surface area (Å²) in [6, 6.07) is 8.72. The molecule has 5 heteroatoms. The number of fused-ring (bicyclic) bond motifs is 1. The second-order valence-electron chi connectivity index (χ2n) is 4.28. The van der Waals surface area contributed by atoms with E-state index in [0.29, 0.717) is 5.52 Å². The minimum atomic E-state index is -0.258. The van der Waals surface area contributed by atoms with Gasteiger partial charge in [0.15, 0.2) is 5.13 Å². The number of pyridine rings is 1. The third-order valence-electron chi connectivity index (χ3n) is 2.90. The molecule has 1 atom stereocenters. The largest absolute Gasteiger partial charge is 0.355 e. The Hall–Kier alpha value is -2.01. The minimum absolute atomic E-state index is 0.133. The first-order valence-corrected chi connectivity index (χ1v) is 6.76. The third-order valence-corrected chi connectivity index (χ3v) is 3.86. The summed E-state index contributed by atoms with van der Waals surface area (Å²) in [7, 11) is 0. The van der Waals surface area contributed by atoms with Crippen LogP contribution in [0, 0.1) is 5.82 Å². The predicted octanol–water partition coefficient (Wildman–Crippen LogP) is 4.00. The molecule has 2 heterocycles. The summed E-state index contributed by atoms with van der Waals surface area (Å²) in [5, 5.41) is 4.12. The Bertz CT molecular complexity index is 696. The Labute approximate surface area is 114 Å². The summed E-state index contributed by atoms with van der Waals surface area (Å²) in [4.78, 5) is 8.39. The van der Waals surface area contributed by atoms with Crippen LogP contribution in [0.15, 0.2) is 42.7 Å². The number of halogens is 1. The summed E-state index contributed by atoms with van der Waals surface area (Å²) >= 11 is 1.52. The van der Waals surface area contributed by atoms with Crippen LogP contribution in [0.5, 0.6) is 0 Å². The van der Waals surface area contributed by atoms with E-state index in [2.05, 4.69) is 22.2 Å². The summed E-state index contributed by atoms with van der Waals surface area (Å²) in [6.45, 7) is 2.06.